The van der Waals surface area contributed by atoms with E-state index in [1.54, 1.807) is 18.3 Å². The summed E-state index contributed by atoms with van der Waals surface area (Å²) >= 11 is 0. The zero-order chi connectivity index (χ0) is 19.9. The monoisotopic (exact) mass is 382 g/mol. The first kappa shape index (κ1) is 19.7. The van der Waals surface area contributed by atoms with Gasteiger partial charge in [0.2, 0.25) is 5.88 Å². The van der Waals surface area contributed by atoms with Crippen LogP contribution in [0.15, 0.2) is 42.6 Å². The number of aryl methyl sites for hydroxylation is 1. The zero-order valence-electron chi connectivity index (χ0n) is 16.3. The van der Waals surface area contributed by atoms with Gasteiger partial charge in [0, 0.05) is 31.5 Å². The third-order valence-electron chi connectivity index (χ3n) is 4.86. The molecule has 1 saturated heterocycles. The number of nitrogens with one attached hydrogen (secondary N) is 2. The maximum Gasteiger partial charge on any atom is 0.319 e. The number of piperidine rings is 1. The van der Waals surface area contributed by atoms with Gasteiger partial charge in [0.1, 0.15) is 5.56 Å². The summed E-state index contributed by atoms with van der Waals surface area (Å²) in [7, 11) is 1.51. The number of anilines is 1. The molecule has 0 saturated carbocycles. The van der Waals surface area contributed by atoms with E-state index in [4.69, 9.17) is 4.74 Å². The van der Waals surface area contributed by atoms with E-state index in [0.29, 0.717) is 31.1 Å². The Bertz CT molecular complexity index is 823. The molecular formula is C21H26N4O3. The van der Waals surface area contributed by atoms with Gasteiger partial charge in [-0.2, -0.15) is 0 Å². The molecule has 0 radical (unpaired) electrons. The molecule has 7 heteroatoms. The van der Waals surface area contributed by atoms with Gasteiger partial charge in [0.05, 0.1) is 7.11 Å². The second kappa shape index (κ2) is 9.21. The SMILES string of the molecule is COc1ncccc1C(=O)N1CCCC(CNC(=O)Nc2ccc(C)cc2)C1. The number of benzene rings is 1. The Hall–Kier alpha value is -3.09. The van der Waals surface area contributed by atoms with E-state index in [0.717, 1.165) is 24.1 Å². The van der Waals surface area contributed by atoms with Crippen LogP contribution < -0.4 is 15.4 Å². The van der Waals surface area contributed by atoms with Gasteiger partial charge in [-0.05, 0) is 49.9 Å². The molecule has 1 aliphatic rings. The fourth-order valence-corrected chi connectivity index (χ4v) is 3.35. The lowest BCUT2D eigenvalue weighted by molar-refractivity contribution is 0.0671. The molecule has 2 aromatic rings. The summed E-state index contributed by atoms with van der Waals surface area (Å²) in [6.45, 7) is 3.82. The number of hydrogen-bond acceptors (Lipinski definition) is 4. The first-order valence-electron chi connectivity index (χ1n) is 9.46. The van der Waals surface area contributed by atoms with E-state index in [-0.39, 0.29) is 17.9 Å². The van der Waals surface area contributed by atoms with Crippen LogP contribution in [0.2, 0.25) is 0 Å². The van der Waals surface area contributed by atoms with Crippen molar-refractivity contribution in [3.63, 3.8) is 0 Å². The standard InChI is InChI=1S/C21H26N4O3/c1-15-7-9-17(10-8-15)24-21(27)23-13-16-5-4-12-25(14-16)20(26)18-6-3-11-22-19(18)28-2/h3,6-11,16H,4-5,12-14H2,1-2H3,(H2,23,24,27). The molecule has 1 atom stereocenters. The highest BCUT2D eigenvalue weighted by Crippen LogP contribution is 2.21. The van der Waals surface area contributed by atoms with Crippen LogP contribution in [0.1, 0.15) is 28.8 Å². The summed E-state index contributed by atoms with van der Waals surface area (Å²) in [5, 5.41) is 5.74. The number of nitrogens with zero attached hydrogens (tertiary/aromatic N) is 2. The Labute approximate surface area is 165 Å². The van der Waals surface area contributed by atoms with E-state index < -0.39 is 0 Å². The van der Waals surface area contributed by atoms with E-state index in [1.807, 2.05) is 36.1 Å². The van der Waals surface area contributed by atoms with Gasteiger partial charge in [0.15, 0.2) is 0 Å². The van der Waals surface area contributed by atoms with E-state index in [9.17, 15) is 9.59 Å². The average molecular weight is 382 g/mol. The first-order chi connectivity index (χ1) is 13.6. The number of methoxy groups -OCH3 is 1. The molecular weight excluding hydrogens is 356 g/mol. The number of amides is 3. The van der Waals surface area contributed by atoms with Crippen molar-refractivity contribution in [1.29, 1.82) is 0 Å². The fraction of sp³-hybridized carbons (Fsp3) is 0.381. The molecule has 1 unspecified atom stereocenters. The summed E-state index contributed by atoms with van der Waals surface area (Å²) in [5.74, 6) is 0.466. The summed E-state index contributed by atoms with van der Waals surface area (Å²) in [4.78, 5) is 30.9. The van der Waals surface area contributed by atoms with Crippen LogP contribution in [0, 0.1) is 12.8 Å². The van der Waals surface area contributed by atoms with Gasteiger partial charge >= 0.3 is 6.03 Å². The molecule has 0 spiro atoms. The van der Waals surface area contributed by atoms with Crippen LogP contribution in [0.5, 0.6) is 5.88 Å². The normalized spacial score (nSPS) is 16.4. The van der Waals surface area contributed by atoms with Gasteiger partial charge < -0.3 is 20.3 Å². The van der Waals surface area contributed by atoms with Crippen LogP contribution >= 0.6 is 0 Å². The van der Waals surface area contributed by atoms with Crippen molar-refractivity contribution in [2.75, 3.05) is 32.1 Å². The van der Waals surface area contributed by atoms with Crippen molar-refractivity contribution in [2.24, 2.45) is 5.92 Å². The zero-order valence-corrected chi connectivity index (χ0v) is 16.3. The Morgan fingerprint density at radius 3 is 2.79 bits per heavy atom. The molecule has 3 rings (SSSR count). The number of rotatable bonds is 5. The number of pyridine rings is 1. The van der Waals surface area contributed by atoms with E-state index in [2.05, 4.69) is 15.6 Å². The maximum atomic E-state index is 12.8. The van der Waals surface area contributed by atoms with Crippen molar-refractivity contribution >= 4 is 17.6 Å². The molecule has 1 aromatic carbocycles. The van der Waals surface area contributed by atoms with E-state index in [1.165, 1.54) is 7.11 Å². The molecule has 0 bridgehead atoms. The van der Waals surface area contributed by atoms with Gasteiger partial charge in [-0.3, -0.25) is 4.79 Å². The van der Waals surface area contributed by atoms with Gasteiger partial charge in [-0.1, -0.05) is 17.7 Å². The molecule has 1 fully saturated rings. The van der Waals surface area contributed by atoms with Crippen LogP contribution in [0.25, 0.3) is 0 Å². The minimum Gasteiger partial charge on any atom is -0.480 e. The second-order valence-corrected chi connectivity index (χ2v) is 7.02. The van der Waals surface area contributed by atoms with Gasteiger partial charge in [-0.15, -0.1) is 0 Å². The largest absolute Gasteiger partial charge is 0.480 e. The summed E-state index contributed by atoms with van der Waals surface area (Å²) in [6.07, 6.45) is 3.48. The predicted octanol–water partition coefficient (Wildman–Crippen LogP) is 3.07. The first-order valence-corrected chi connectivity index (χ1v) is 9.46. The lowest BCUT2D eigenvalue weighted by Crippen LogP contribution is -2.44. The number of urea groups is 1. The molecule has 1 aromatic heterocycles. The molecule has 7 nitrogen and oxygen atoms in total. The molecule has 2 heterocycles. The smallest absolute Gasteiger partial charge is 0.319 e. The topological polar surface area (TPSA) is 83.6 Å². The Kier molecular flexibility index (Phi) is 6.47. The van der Waals surface area contributed by atoms with E-state index >= 15 is 0 Å². The predicted molar refractivity (Wildman–Crippen MR) is 108 cm³/mol. The number of carbonyl (C=O) groups excluding carboxylic acids is 2. The fourth-order valence-electron chi connectivity index (χ4n) is 3.35. The number of ether oxygens (including phenoxy) is 1. The minimum absolute atomic E-state index is 0.0845. The number of aromatic nitrogens is 1. The number of hydrogen-bond donors (Lipinski definition) is 2. The van der Waals surface area contributed by atoms with Crippen LogP contribution in [-0.4, -0.2) is 48.6 Å². The van der Waals surface area contributed by atoms with Gasteiger partial charge in [0.25, 0.3) is 5.91 Å². The number of likely N-dealkylation sites (tertiary alicyclic amines) is 1. The van der Waals surface area contributed by atoms with Crippen LogP contribution in [-0.2, 0) is 0 Å². The number of carbonyl (C=O) groups is 2. The lowest BCUT2D eigenvalue weighted by atomic mass is 9.97. The van der Waals surface area contributed by atoms with Crippen molar-refractivity contribution in [3.05, 3.63) is 53.7 Å². The average Bonchev–Trinajstić information content (AvgIpc) is 2.73. The molecule has 3 amide bonds. The van der Waals surface area contributed by atoms with Crippen LogP contribution in [0.3, 0.4) is 0 Å². The summed E-state index contributed by atoms with van der Waals surface area (Å²) < 4.78 is 5.20. The Morgan fingerprint density at radius 2 is 2.04 bits per heavy atom. The molecule has 0 aliphatic carbocycles. The van der Waals surface area contributed by atoms with Crippen molar-refractivity contribution < 1.29 is 14.3 Å². The third-order valence-corrected chi connectivity index (χ3v) is 4.86. The Balaban J connectivity index is 1.52. The van der Waals surface area contributed by atoms with Crippen molar-refractivity contribution in [3.8, 4) is 5.88 Å². The van der Waals surface area contributed by atoms with Crippen molar-refractivity contribution in [1.82, 2.24) is 15.2 Å². The Morgan fingerprint density at radius 1 is 1.25 bits per heavy atom. The second-order valence-electron chi connectivity index (χ2n) is 7.02. The molecule has 1 aliphatic heterocycles. The highest BCUT2D eigenvalue weighted by atomic mass is 16.5. The lowest BCUT2D eigenvalue weighted by Gasteiger charge is -2.33. The highest BCUT2D eigenvalue weighted by Gasteiger charge is 2.26. The molecule has 2 N–H and O–H groups in total. The maximum absolute atomic E-state index is 12.8. The van der Waals surface area contributed by atoms with Crippen LogP contribution in [0.4, 0.5) is 10.5 Å². The van der Waals surface area contributed by atoms with Crippen molar-refractivity contribution in [2.45, 2.75) is 19.8 Å². The summed E-state index contributed by atoms with van der Waals surface area (Å²) in [5.41, 5.74) is 2.37. The highest BCUT2D eigenvalue weighted by molar-refractivity contribution is 5.96. The quantitative estimate of drug-likeness (QED) is 0.832. The molecule has 28 heavy (non-hydrogen) atoms. The summed E-state index contributed by atoms with van der Waals surface area (Å²) in [6, 6.07) is 10.9. The third kappa shape index (κ3) is 5.00. The molecule has 148 valence electrons. The van der Waals surface area contributed by atoms with Gasteiger partial charge in [-0.25, -0.2) is 9.78 Å². The minimum atomic E-state index is -0.235.